The van der Waals surface area contributed by atoms with Gasteiger partial charge in [-0.15, -0.1) is 0 Å². The minimum atomic E-state index is -0.241. The van der Waals surface area contributed by atoms with Gasteiger partial charge in [0.15, 0.2) is 5.96 Å². The van der Waals surface area contributed by atoms with E-state index in [1.807, 2.05) is 50.8 Å². The number of rotatable bonds is 5. The molecular weight excluding hydrogens is 328 g/mol. The molecule has 0 spiro atoms. The first-order valence-electron chi connectivity index (χ1n) is 9.34. The molecule has 0 aliphatic carbocycles. The highest BCUT2D eigenvalue weighted by Gasteiger charge is 2.25. The Bertz CT molecular complexity index is 637. The van der Waals surface area contributed by atoms with Crippen LogP contribution in [0.15, 0.2) is 29.3 Å². The number of ether oxygens (including phenoxy) is 1. The van der Waals surface area contributed by atoms with Crippen molar-refractivity contribution in [2.45, 2.75) is 58.7 Å². The summed E-state index contributed by atoms with van der Waals surface area (Å²) in [7, 11) is 1.76. The van der Waals surface area contributed by atoms with Crippen molar-refractivity contribution in [3.8, 4) is 5.75 Å². The molecule has 26 heavy (non-hydrogen) atoms. The number of guanidine groups is 1. The zero-order valence-electron chi connectivity index (χ0n) is 16.6. The van der Waals surface area contributed by atoms with Gasteiger partial charge >= 0.3 is 0 Å². The molecule has 1 aliphatic heterocycles. The van der Waals surface area contributed by atoms with E-state index in [0.29, 0.717) is 13.0 Å². The van der Waals surface area contributed by atoms with Crippen LogP contribution in [0.25, 0.3) is 0 Å². The van der Waals surface area contributed by atoms with E-state index in [-0.39, 0.29) is 17.6 Å². The Kier molecular flexibility index (Phi) is 6.89. The molecule has 144 valence electrons. The Morgan fingerprint density at radius 1 is 1.35 bits per heavy atom. The second-order valence-electron chi connectivity index (χ2n) is 7.57. The van der Waals surface area contributed by atoms with Crippen LogP contribution in [0, 0.1) is 0 Å². The highest BCUT2D eigenvalue weighted by Crippen LogP contribution is 2.22. The topological polar surface area (TPSA) is 66.0 Å². The van der Waals surface area contributed by atoms with Gasteiger partial charge in [0.2, 0.25) is 5.91 Å². The fraction of sp³-hybridized carbons (Fsp3) is 0.600. The van der Waals surface area contributed by atoms with E-state index in [0.717, 1.165) is 36.8 Å². The SMILES string of the molecule is CCC(=O)N1CCC(NC(=NC)NCc2ccccc2OC(C)(C)C)C1. The zero-order valence-corrected chi connectivity index (χ0v) is 16.6. The summed E-state index contributed by atoms with van der Waals surface area (Å²) in [6, 6.07) is 8.27. The van der Waals surface area contributed by atoms with E-state index in [9.17, 15) is 4.79 Å². The molecule has 1 atom stereocenters. The van der Waals surface area contributed by atoms with E-state index in [2.05, 4.69) is 21.7 Å². The van der Waals surface area contributed by atoms with Crippen molar-refractivity contribution in [2.24, 2.45) is 4.99 Å². The number of likely N-dealkylation sites (tertiary alicyclic amines) is 1. The molecule has 1 heterocycles. The molecule has 1 aliphatic rings. The molecule has 0 radical (unpaired) electrons. The summed E-state index contributed by atoms with van der Waals surface area (Å²) in [5.74, 6) is 1.83. The number of hydrogen-bond acceptors (Lipinski definition) is 3. The molecule has 1 saturated heterocycles. The molecule has 6 nitrogen and oxygen atoms in total. The number of benzene rings is 1. The van der Waals surface area contributed by atoms with Gasteiger partial charge in [0.05, 0.1) is 0 Å². The molecule has 6 heteroatoms. The van der Waals surface area contributed by atoms with E-state index < -0.39 is 0 Å². The number of para-hydroxylation sites is 1. The van der Waals surface area contributed by atoms with Crippen molar-refractivity contribution in [3.05, 3.63) is 29.8 Å². The molecule has 0 saturated carbocycles. The monoisotopic (exact) mass is 360 g/mol. The maximum atomic E-state index is 11.8. The van der Waals surface area contributed by atoms with Gasteiger partial charge in [-0.3, -0.25) is 9.79 Å². The maximum absolute atomic E-state index is 11.8. The Hall–Kier alpha value is -2.24. The third kappa shape index (κ3) is 5.93. The van der Waals surface area contributed by atoms with Crippen LogP contribution in [0.3, 0.4) is 0 Å². The smallest absolute Gasteiger partial charge is 0.222 e. The first-order valence-corrected chi connectivity index (χ1v) is 9.34. The van der Waals surface area contributed by atoms with E-state index in [1.54, 1.807) is 7.05 Å². The molecule has 0 aromatic heterocycles. The lowest BCUT2D eigenvalue weighted by molar-refractivity contribution is -0.129. The second-order valence-corrected chi connectivity index (χ2v) is 7.57. The largest absolute Gasteiger partial charge is 0.488 e. The predicted molar refractivity (Wildman–Crippen MR) is 105 cm³/mol. The molecule has 0 bridgehead atoms. The van der Waals surface area contributed by atoms with Crippen molar-refractivity contribution in [3.63, 3.8) is 0 Å². The first-order chi connectivity index (χ1) is 12.3. The average molecular weight is 361 g/mol. The Labute approximate surface area is 157 Å². The van der Waals surface area contributed by atoms with E-state index in [1.165, 1.54) is 0 Å². The first kappa shape index (κ1) is 20.1. The van der Waals surface area contributed by atoms with Crippen LogP contribution in [-0.2, 0) is 11.3 Å². The van der Waals surface area contributed by atoms with Gasteiger partial charge in [0.1, 0.15) is 11.4 Å². The van der Waals surface area contributed by atoms with E-state index in [4.69, 9.17) is 4.74 Å². The molecular formula is C20H32N4O2. The van der Waals surface area contributed by atoms with Gasteiger partial charge in [0, 0.05) is 44.7 Å². The number of carbonyl (C=O) groups excluding carboxylic acids is 1. The quantitative estimate of drug-likeness (QED) is 0.626. The summed E-state index contributed by atoms with van der Waals surface area (Å²) in [5, 5.41) is 6.77. The lowest BCUT2D eigenvalue weighted by atomic mass is 10.1. The summed E-state index contributed by atoms with van der Waals surface area (Å²) < 4.78 is 6.04. The molecule has 2 rings (SSSR count). The van der Waals surface area contributed by atoms with Crippen LogP contribution in [0.2, 0.25) is 0 Å². The number of hydrogen-bond donors (Lipinski definition) is 2. The molecule has 2 N–H and O–H groups in total. The summed E-state index contributed by atoms with van der Waals surface area (Å²) in [6.45, 7) is 10.2. The molecule has 1 aromatic rings. The highest BCUT2D eigenvalue weighted by atomic mass is 16.5. The lowest BCUT2D eigenvalue weighted by Gasteiger charge is -2.24. The number of aliphatic imine (C=N–C) groups is 1. The molecule has 1 amide bonds. The Morgan fingerprint density at radius 2 is 2.08 bits per heavy atom. The summed E-state index contributed by atoms with van der Waals surface area (Å²) in [6.07, 6.45) is 1.50. The number of amides is 1. The number of carbonyl (C=O) groups is 1. The van der Waals surface area contributed by atoms with Crippen molar-refractivity contribution < 1.29 is 9.53 Å². The normalized spacial score (nSPS) is 18.0. The average Bonchev–Trinajstić information content (AvgIpc) is 3.06. The maximum Gasteiger partial charge on any atom is 0.222 e. The minimum Gasteiger partial charge on any atom is -0.488 e. The zero-order chi connectivity index (χ0) is 19.2. The number of nitrogens with one attached hydrogen (secondary N) is 2. The molecule has 1 fully saturated rings. The standard InChI is InChI=1S/C20H32N4O2/c1-6-18(25)24-12-11-16(14-24)23-19(21-5)22-13-15-9-7-8-10-17(15)26-20(2,3)4/h7-10,16H,6,11-14H2,1-5H3,(H2,21,22,23). The van der Waals surface area contributed by atoms with Gasteiger partial charge in [-0.25, -0.2) is 0 Å². The van der Waals surface area contributed by atoms with Crippen LogP contribution >= 0.6 is 0 Å². The highest BCUT2D eigenvalue weighted by molar-refractivity contribution is 5.80. The van der Waals surface area contributed by atoms with Gasteiger partial charge < -0.3 is 20.3 Å². The van der Waals surface area contributed by atoms with Gasteiger partial charge in [-0.1, -0.05) is 25.1 Å². The third-order valence-corrected chi connectivity index (χ3v) is 4.24. The lowest BCUT2D eigenvalue weighted by Crippen LogP contribution is -2.44. The fourth-order valence-electron chi connectivity index (χ4n) is 2.97. The fourth-order valence-corrected chi connectivity index (χ4v) is 2.97. The summed E-state index contributed by atoms with van der Waals surface area (Å²) in [4.78, 5) is 18.0. The predicted octanol–water partition coefficient (Wildman–Crippen LogP) is 2.54. The van der Waals surface area contributed by atoms with Crippen molar-refractivity contribution in [1.82, 2.24) is 15.5 Å². The van der Waals surface area contributed by atoms with Crippen LogP contribution < -0.4 is 15.4 Å². The van der Waals surface area contributed by atoms with Crippen LogP contribution in [0.4, 0.5) is 0 Å². The summed E-state index contributed by atoms with van der Waals surface area (Å²) in [5.41, 5.74) is 0.842. The summed E-state index contributed by atoms with van der Waals surface area (Å²) >= 11 is 0. The second kappa shape index (κ2) is 8.92. The van der Waals surface area contributed by atoms with Crippen LogP contribution in [0.1, 0.15) is 46.1 Å². The van der Waals surface area contributed by atoms with Crippen LogP contribution in [-0.4, -0.2) is 48.5 Å². The van der Waals surface area contributed by atoms with Crippen molar-refractivity contribution >= 4 is 11.9 Å². The Balaban J connectivity index is 1.91. The Morgan fingerprint density at radius 3 is 2.73 bits per heavy atom. The van der Waals surface area contributed by atoms with Crippen molar-refractivity contribution in [2.75, 3.05) is 20.1 Å². The van der Waals surface area contributed by atoms with E-state index >= 15 is 0 Å². The van der Waals surface area contributed by atoms with Gasteiger partial charge in [0.25, 0.3) is 0 Å². The molecule has 1 unspecified atom stereocenters. The van der Waals surface area contributed by atoms with Gasteiger partial charge in [-0.05, 0) is 33.3 Å². The number of nitrogens with zero attached hydrogens (tertiary/aromatic N) is 2. The third-order valence-electron chi connectivity index (χ3n) is 4.24. The van der Waals surface area contributed by atoms with Crippen molar-refractivity contribution in [1.29, 1.82) is 0 Å². The van der Waals surface area contributed by atoms with Gasteiger partial charge in [-0.2, -0.15) is 0 Å². The molecule has 1 aromatic carbocycles. The van der Waals surface area contributed by atoms with Crippen LogP contribution in [0.5, 0.6) is 5.75 Å². The minimum absolute atomic E-state index is 0.213.